The van der Waals surface area contributed by atoms with Gasteiger partial charge in [-0.15, -0.1) is 0 Å². The Bertz CT molecular complexity index is 748. The first-order valence-electron chi connectivity index (χ1n) is 7.24. The lowest BCUT2D eigenvalue weighted by Crippen LogP contribution is -2.17. The van der Waals surface area contributed by atoms with E-state index in [2.05, 4.69) is 0 Å². The van der Waals surface area contributed by atoms with Crippen LogP contribution in [0, 0.1) is 0 Å². The van der Waals surface area contributed by atoms with Gasteiger partial charge in [-0.3, -0.25) is 0 Å². The number of hydrogen-bond acceptors (Lipinski definition) is 5. The van der Waals surface area contributed by atoms with E-state index in [1.165, 1.54) is 0 Å². The quantitative estimate of drug-likeness (QED) is 0.749. The molecule has 2 aromatic rings. The van der Waals surface area contributed by atoms with Crippen LogP contribution in [-0.4, -0.2) is 25.8 Å². The van der Waals surface area contributed by atoms with E-state index < -0.39 is 5.97 Å². The number of halogens is 2. The molecule has 0 saturated carbocycles. The minimum Gasteiger partial charge on any atom is -0.486 e. The van der Waals surface area contributed by atoms with E-state index in [0.29, 0.717) is 46.1 Å². The number of rotatable bonds is 5. The van der Waals surface area contributed by atoms with Crippen molar-refractivity contribution in [1.82, 2.24) is 0 Å². The first-order valence-corrected chi connectivity index (χ1v) is 8.00. The Balaban J connectivity index is 1.55. The highest BCUT2D eigenvalue weighted by atomic mass is 35.5. The van der Waals surface area contributed by atoms with Crippen LogP contribution in [0.1, 0.15) is 5.56 Å². The molecule has 7 heteroatoms. The average molecular weight is 369 g/mol. The van der Waals surface area contributed by atoms with Crippen molar-refractivity contribution >= 4 is 29.2 Å². The predicted molar refractivity (Wildman–Crippen MR) is 89.2 cm³/mol. The maximum absolute atomic E-state index is 11.8. The second-order valence-electron chi connectivity index (χ2n) is 4.98. The molecule has 0 fully saturated rings. The molecule has 24 heavy (non-hydrogen) atoms. The van der Waals surface area contributed by atoms with E-state index in [4.69, 9.17) is 42.1 Å². The zero-order chi connectivity index (χ0) is 16.9. The SMILES string of the molecule is O=C(COc1ccccc1Cl)OCc1cc(Cl)c2c(c1)OCCO2. The van der Waals surface area contributed by atoms with Crippen molar-refractivity contribution in [3.63, 3.8) is 0 Å². The first kappa shape index (κ1) is 16.7. The van der Waals surface area contributed by atoms with Gasteiger partial charge in [-0.25, -0.2) is 4.79 Å². The highest BCUT2D eigenvalue weighted by Gasteiger charge is 2.17. The van der Waals surface area contributed by atoms with Crippen LogP contribution in [0.25, 0.3) is 0 Å². The third-order valence-corrected chi connectivity index (χ3v) is 3.83. The summed E-state index contributed by atoms with van der Waals surface area (Å²) in [5.74, 6) is 0.978. The van der Waals surface area contributed by atoms with E-state index >= 15 is 0 Å². The first-order chi connectivity index (χ1) is 11.6. The van der Waals surface area contributed by atoms with E-state index in [1.54, 1.807) is 36.4 Å². The van der Waals surface area contributed by atoms with Crippen LogP contribution in [0.2, 0.25) is 10.0 Å². The van der Waals surface area contributed by atoms with Gasteiger partial charge in [-0.1, -0.05) is 35.3 Å². The maximum atomic E-state index is 11.8. The molecule has 2 aromatic carbocycles. The summed E-state index contributed by atoms with van der Waals surface area (Å²) >= 11 is 12.1. The van der Waals surface area contributed by atoms with Gasteiger partial charge in [-0.2, -0.15) is 0 Å². The summed E-state index contributed by atoms with van der Waals surface area (Å²) < 4.78 is 21.4. The molecule has 0 amide bonds. The van der Waals surface area contributed by atoms with Crippen molar-refractivity contribution in [1.29, 1.82) is 0 Å². The highest BCUT2D eigenvalue weighted by molar-refractivity contribution is 6.32. The fourth-order valence-corrected chi connectivity index (χ4v) is 2.63. The largest absolute Gasteiger partial charge is 0.486 e. The van der Waals surface area contributed by atoms with Crippen molar-refractivity contribution in [2.75, 3.05) is 19.8 Å². The molecular formula is C17H14Cl2O5. The Morgan fingerprint density at radius 1 is 1.08 bits per heavy atom. The second-order valence-corrected chi connectivity index (χ2v) is 5.80. The number of ether oxygens (including phenoxy) is 4. The van der Waals surface area contributed by atoms with Crippen molar-refractivity contribution in [3.8, 4) is 17.2 Å². The molecule has 0 aromatic heterocycles. The molecule has 0 unspecified atom stereocenters. The van der Waals surface area contributed by atoms with E-state index in [9.17, 15) is 4.79 Å². The average Bonchev–Trinajstić information content (AvgIpc) is 2.59. The second kappa shape index (κ2) is 7.64. The number of fused-ring (bicyclic) bond motifs is 1. The van der Waals surface area contributed by atoms with Crippen LogP contribution in [0.4, 0.5) is 0 Å². The Morgan fingerprint density at radius 3 is 2.71 bits per heavy atom. The van der Waals surface area contributed by atoms with E-state index in [0.717, 1.165) is 0 Å². The fraction of sp³-hybridized carbons (Fsp3) is 0.235. The lowest BCUT2D eigenvalue weighted by Gasteiger charge is -2.20. The Kier molecular flexibility index (Phi) is 5.33. The van der Waals surface area contributed by atoms with Gasteiger partial charge in [0, 0.05) is 0 Å². The zero-order valence-corrected chi connectivity index (χ0v) is 14.1. The maximum Gasteiger partial charge on any atom is 0.344 e. The molecular weight excluding hydrogens is 355 g/mol. The number of benzene rings is 2. The summed E-state index contributed by atoms with van der Waals surface area (Å²) in [5.41, 5.74) is 0.704. The standard InChI is InChI=1S/C17H14Cl2O5/c18-12-3-1-2-4-14(12)23-10-16(20)24-9-11-7-13(19)17-15(8-11)21-5-6-22-17/h1-4,7-8H,5-6,9-10H2. The van der Waals surface area contributed by atoms with Gasteiger partial charge in [0.05, 0.1) is 10.0 Å². The van der Waals surface area contributed by atoms with Gasteiger partial charge in [-0.05, 0) is 29.8 Å². The molecule has 0 saturated heterocycles. The summed E-state index contributed by atoms with van der Waals surface area (Å²) in [6.45, 7) is 0.738. The molecule has 0 N–H and O–H groups in total. The van der Waals surface area contributed by atoms with Crippen molar-refractivity contribution < 1.29 is 23.7 Å². The van der Waals surface area contributed by atoms with Crippen LogP contribution in [0.3, 0.4) is 0 Å². The van der Waals surface area contributed by atoms with Crippen LogP contribution in [0.15, 0.2) is 36.4 Å². The van der Waals surface area contributed by atoms with E-state index in [1.807, 2.05) is 0 Å². The Morgan fingerprint density at radius 2 is 1.88 bits per heavy atom. The summed E-state index contributed by atoms with van der Waals surface area (Å²) in [6, 6.07) is 10.3. The molecule has 0 bridgehead atoms. The smallest absolute Gasteiger partial charge is 0.344 e. The summed E-state index contributed by atoms with van der Waals surface area (Å²) in [4.78, 5) is 11.8. The molecule has 0 spiro atoms. The van der Waals surface area contributed by atoms with Gasteiger partial charge in [0.2, 0.25) is 0 Å². The molecule has 1 aliphatic heterocycles. The predicted octanol–water partition coefficient (Wildman–Crippen LogP) is 3.89. The van der Waals surface area contributed by atoms with Gasteiger partial charge < -0.3 is 18.9 Å². The van der Waals surface area contributed by atoms with Gasteiger partial charge >= 0.3 is 5.97 Å². The highest BCUT2D eigenvalue weighted by Crippen LogP contribution is 2.38. The molecule has 1 heterocycles. The van der Waals surface area contributed by atoms with E-state index in [-0.39, 0.29) is 13.2 Å². The molecule has 3 rings (SSSR count). The van der Waals surface area contributed by atoms with Crippen molar-refractivity contribution in [2.24, 2.45) is 0 Å². The van der Waals surface area contributed by atoms with Gasteiger partial charge in [0.1, 0.15) is 25.6 Å². The number of carbonyl (C=O) groups is 1. The minimum atomic E-state index is -0.513. The molecule has 0 aliphatic carbocycles. The number of esters is 1. The fourth-order valence-electron chi connectivity index (χ4n) is 2.15. The summed E-state index contributed by atoms with van der Waals surface area (Å²) in [5, 5.41) is 0.856. The molecule has 1 aliphatic rings. The summed E-state index contributed by atoms with van der Waals surface area (Å²) in [6.07, 6.45) is 0. The number of hydrogen-bond donors (Lipinski definition) is 0. The van der Waals surface area contributed by atoms with Crippen molar-refractivity contribution in [2.45, 2.75) is 6.61 Å². The lowest BCUT2D eigenvalue weighted by molar-refractivity contribution is -0.147. The van der Waals surface area contributed by atoms with Gasteiger partial charge in [0.15, 0.2) is 18.1 Å². The van der Waals surface area contributed by atoms with Crippen LogP contribution < -0.4 is 14.2 Å². The topological polar surface area (TPSA) is 54.0 Å². The normalized spacial score (nSPS) is 12.6. The number of para-hydroxylation sites is 1. The van der Waals surface area contributed by atoms with Crippen LogP contribution >= 0.6 is 23.2 Å². The van der Waals surface area contributed by atoms with Gasteiger partial charge in [0.25, 0.3) is 0 Å². The minimum absolute atomic E-state index is 0.0566. The third-order valence-electron chi connectivity index (χ3n) is 3.24. The Hall–Kier alpha value is -2.11. The molecule has 126 valence electrons. The monoisotopic (exact) mass is 368 g/mol. The number of carbonyl (C=O) groups excluding carboxylic acids is 1. The molecule has 0 atom stereocenters. The lowest BCUT2D eigenvalue weighted by atomic mass is 10.2. The van der Waals surface area contributed by atoms with Crippen LogP contribution in [-0.2, 0) is 16.1 Å². The van der Waals surface area contributed by atoms with Crippen molar-refractivity contribution in [3.05, 3.63) is 52.0 Å². The Labute approximate surface area is 149 Å². The zero-order valence-electron chi connectivity index (χ0n) is 12.6. The molecule has 5 nitrogen and oxygen atoms in total. The van der Waals surface area contributed by atoms with Crippen LogP contribution in [0.5, 0.6) is 17.2 Å². The summed E-state index contributed by atoms with van der Waals surface area (Å²) in [7, 11) is 0. The third kappa shape index (κ3) is 4.04. The molecule has 0 radical (unpaired) electrons.